The molecule has 0 saturated heterocycles. The molecule has 6 heteroatoms. The summed E-state index contributed by atoms with van der Waals surface area (Å²) in [5, 5.41) is 28.8. The monoisotopic (exact) mass is 224 g/mol. The van der Waals surface area contributed by atoms with Gasteiger partial charge in [0.2, 0.25) is 0 Å². The van der Waals surface area contributed by atoms with Crippen molar-refractivity contribution in [1.82, 2.24) is 4.98 Å². The second kappa shape index (κ2) is 3.29. The van der Waals surface area contributed by atoms with Gasteiger partial charge in [-0.25, -0.2) is 9.78 Å². The Labute approximate surface area is 89.6 Å². The van der Waals surface area contributed by atoms with Crippen LogP contribution in [0.1, 0.15) is 28.3 Å². The fraction of sp³-hybridized carbons (Fsp3) is 0.444. The number of thiazole rings is 1. The number of carboxylic acids is 1. The van der Waals surface area contributed by atoms with Crippen molar-refractivity contribution in [2.45, 2.75) is 24.4 Å². The van der Waals surface area contributed by atoms with Crippen LogP contribution in [0.5, 0.6) is 0 Å². The van der Waals surface area contributed by atoms with Crippen LogP contribution in [0, 0.1) is 11.3 Å². The van der Waals surface area contributed by atoms with Gasteiger partial charge in [-0.15, -0.1) is 11.3 Å². The first kappa shape index (κ1) is 10.1. The minimum absolute atomic E-state index is 0.0361. The Morgan fingerprint density at radius 2 is 2.40 bits per heavy atom. The van der Waals surface area contributed by atoms with Crippen molar-refractivity contribution < 1.29 is 15.0 Å². The molecule has 1 fully saturated rings. The van der Waals surface area contributed by atoms with Crippen LogP contribution < -0.4 is 0 Å². The summed E-state index contributed by atoms with van der Waals surface area (Å²) in [4.78, 5) is 14.5. The molecule has 78 valence electrons. The van der Waals surface area contributed by atoms with Crippen LogP contribution in [0.3, 0.4) is 0 Å². The van der Waals surface area contributed by atoms with E-state index in [9.17, 15) is 9.90 Å². The summed E-state index contributed by atoms with van der Waals surface area (Å²) in [6.07, 6.45) is 0.216. The zero-order chi connectivity index (χ0) is 11.1. The molecule has 2 N–H and O–H groups in total. The molecular formula is C9H8N2O3S. The zero-order valence-corrected chi connectivity index (χ0v) is 8.49. The fourth-order valence-corrected chi connectivity index (χ4v) is 2.62. The number of aliphatic hydroxyl groups is 1. The van der Waals surface area contributed by atoms with Crippen molar-refractivity contribution in [2.24, 2.45) is 0 Å². The summed E-state index contributed by atoms with van der Waals surface area (Å²) < 4.78 is 0. The topological polar surface area (TPSA) is 94.2 Å². The third-order valence-electron chi connectivity index (χ3n) is 2.51. The average molecular weight is 224 g/mol. The quantitative estimate of drug-likeness (QED) is 0.773. The largest absolute Gasteiger partial charge is 0.476 e. The number of carbonyl (C=O) groups is 1. The van der Waals surface area contributed by atoms with E-state index >= 15 is 0 Å². The molecule has 0 amide bonds. The van der Waals surface area contributed by atoms with E-state index in [1.165, 1.54) is 5.38 Å². The van der Waals surface area contributed by atoms with Crippen LogP contribution >= 0.6 is 11.3 Å². The minimum Gasteiger partial charge on any atom is -0.476 e. The normalized spacial score (nSPS) is 29.2. The molecular weight excluding hydrogens is 216 g/mol. The number of carboxylic acid groups (broad SMARTS) is 1. The second-order valence-electron chi connectivity index (χ2n) is 3.60. The molecule has 1 saturated carbocycles. The van der Waals surface area contributed by atoms with E-state index in [2.05, 4.69) is 11.1 Å². The third-order valence-corrected chi connectivity index (χ3v) is 3.56. The fourth-order valence-electron chi connectivity index (χ4n) is 1.65. The Hall–Kier alpha value is -1.45. The highest BCUT2D eigenvalue weighted by molar-refractivity contribution is 7.10. The van der Waals surface area contributed by atoms with Gasteiger partial charge in [-0.1, -0.05) is 0 Å². The van der Waals surface area contributed by atoms with Gasteiger partial charge in [0.1, 0.15) is 10.4 Å². The standard InChI is InChI=1S/C9H8N2O3S/c10-4-9(1-5(12)2-9)8-11-6(3-15-8)7(13)14/h3,5,12H,1-2H2,(H,13,14). The maximum Gasteiger partial charge on any atom is 0.355 e. The number of nitrogens with zero attached hydrogens (tertiary/aromatic N) is 2. The van der Waals surface area contributed by atoms with Crippen LogP contribution in [0.4, 0.5) is 0 Å². The molecule has 5 nitrogen and oxygen atoms in total. The summed E-state index contributed by atoms with van der Waals surface area (Å²) in [7, 11) is 0. The lowest BCUT2D eigenvalue weighted by molar-refractivity contribution is 0.0445. The summed E-state index contributed by atoms with van der Waals surface area (Å²) in [6, 6.07) is 2.11. The summed E-state index contributed by atoms with van der Waals surface area (Å²) >= 11 is 1.16. The van der Waals surface area contributed by atoms with Gasteiger partial charge >= 0.3 is 5.97 Å². The number of aliphatic hydroxyl groups excluding tert-OH is 1. The first-order chi connectivity index (χ1) is 7.07. The van der Waals surface area contributed by atoms with E-state index in [-0.39, 0.29) is 5.69 Å². The van der Waals surface area contributed by atoms with Gasteiger partial charge in [-0.3, -0.25) is 0 Å². The van der Waals surface area contributed by atoms with Crippen molar-refractivity contribution in [3.63, 3.8) is 0 Å². The molecule has 0 aromatic carbocycles. The molecule has 1 aromatic heterocycles. The second-order valence-corrected chi connectivity index (χ2v) is 4.46. The van der Waals surface area contributed by atoms with Gasteiger partial charge in [0.05, 0.1) is 12.2 Å². The number of aromatic nitrogens is 1. The van der Waals surface area contributed by atoms with Crippen LogP contribution in [0.25, 0.3) is 0 Å². The van der Waals surface area contributed by atoms with Crippen molar-refractivity contribution >= 4 is 17.3 Å². The SMILES string of the molecule is N#CC1(c2nc(C(=O)O)cs2)CC(O)C1. The van der Waals surface area contributed by atoms with Crippen molar-refractivity contribution in [1.29, 1.82) is 5.26 Å². The highest BCUT2D eigenvalue weighted by Gasteiger charge is 2.48. The third kappa shape index (κ3) is 1.50. The van der Waals surface area contributed by atoms with Crippen molar-refractivity contribution in [2.75, 3.05) is 0 Å². The van der Waals surface area contributed by atoms with E-state index in [1.807, 2.05) is 0 Å². The van der Waals surface area contributed by atoms with Crippen LogP contribution in [-0.4, -0.2) is 27.3 Å². The lowest BCUT2D eigenvalue weighted by Crippen LogP contribution is -2.43. The first-order valence-corrected chi connectivity index (χ1v) is 5.24. The van der Waals surface area contributed by atoms with E-state index in [4.69, 9.17) is 10.4 Å². The smallest absolute Gasteiger partial charge is 0.355 e. The highest BCUT2D eigenvalue weighted by atomic mass is 32.1. The Morgan fingerprint density at radius 1 is 1.73 bits per heavy atom. The number of hydrogen-bond donors (Lipinski definition) is 2. The van der Waals surface area contributed by atoms with Gasteiger partial charge in [0, 0.05) is 5.38 Å². The Bertz CT molecular complexity index is 442. The van der Waals surface area contributed by atoms with E-state index in [0.717, 1.165) is 11.3 Å². The Kier molecular flexibility index (Phi) is 2.21. The molecule has 0 aliphatic heterocycles. The van der Waals surface area contributed by atoms with E-state index < -0.39 is 17.5 Å². The number of hydrogen-bond acceptors (Lipinski definition) is 5. The van der Waals surface area contributed by atoms with Gasteiger partial charge in [0.15, 0.2) is 5.69 Å². The molecule has 1 heterocycles. The Morgan fingerprint density at radius 3 is 2.80 bits per heavy atom. The minimum atomic E-state index is -1.09. The Balaban J connectivity index is 2.30. The maximum atomic E-state index is 10.6. The number of rotatable bonds is 2. The maximum absolute atomic E-state index is 10.6. The lowest BCUT2D eigenvalue weighted by atomic mass is 9.68. The molecule has 0 spiro atoms. The first-order valence-electron chi connectivity index (χ1n) is 4.36. The number of aromatic carboxylic acids is 1. The predicted molar refractivity (Wildman–Crippen MR) is 51.6 cm³/mol. The van der Waals surface area contributed by atoms with Crippen LogP contribution in [-0.2, 0) is 5.41 Å². The van der Waals surface area contributed by atoms with Gasteiger partial charge in [0.25, 0.3) is 0 Å². The predicted octanol–water partition coefficient (Wildman–Crippen LogP) is 0.757. The van der Waals surface area contributed by atoms with Gasteiger partial charge in [-0.05, 0) is 12.8 Å². The summed E-state index contributed by atoms with van der Waals surface area (Å²) in [5.41, 5.74) is -0.802. The molecule has 1 aliphatic rings. The summed E-state index contributed by atoms with van der Waals surface area (Å²) in [5.74, 6) is -1.09. The molecule has 1 aromatic rings. The molecule has 0 unspecified atom stereocenters. The van der Waals surface area contributed by atoms with Crippen molar-refractivity contribution in [3.8, 4) is 6.07 Å². The van der Waals surface area contributed by atoms with Crippen molar-refractivity contribution in [3.05, 3.63) is 16.1 Å². The molecule has 15 heavy (non-hydrogen) atoms. The van der Waals surface area contributed by atoms with E-state index in [0.29, 0.717) is 17.8 Å². The molecule has 1 aliphatic carbocycles. The van der Waals surface area contributed by atoms with Crippen LogP contribution in [0.15, 0.2) is 5.38 Å². The number of nitriles is 1. The zero-order valence-electron chi connectivity index (χ0n) is 7.67. The highest BCUT2D eigenvalue weighted by Crippen LogP contribution is 2.44. The summed E-state index contributed by atoms with van der Waals surface area (Å²) in [6.45, 7) is 0. The molecule has 0 atom stereocenters. The van der Waals surface area contributed by atoms with E-state index in [1.54, 1.807) is 0 Å². The van der Waals surface area contributed by atoms with Crippen LogP contribution in [0.2, 0.25) is 0 Å². The lowest BCUT2D eigenvalue weighted by Gasteiger charge is -2.37. The molecule has 0 bridgehead atoms. The molecule has 0 radical (unpaired) electrons. The van der Waals surface area contributed by atoms with Gasteiger partial charge in [-0.2, -0.15) is 5.26 Å². The van der Waals surface area contributed by atoms with Gasteiger partial charge < -0.3 is 10.2 Å². The molecule has 2 rings (SSSR count). The average Bonchev–Trinajstić information content (AvgIpc) is 2.61.